The highest BCUT2D eigenvalue weighted by atomic mass is 35.5. The van der Waals surface area contributed by atoms with Crippen LogP contribution in [0.1, 0.15) is 37.3 Å². The first kappa shape index (κ1) is 22.7. The lowest BCUT2D eigenvalue weighted by Gasteiger charge is -2.31. The number of nitrogens with one attached hydrogen (secondary N) is 1. The van der Waals surface area contributed by atoms with Crippen molar-refractivity contribution in [2.75, 3.05) is 18.8 Å². The van der Waals surface area contributed by atoms with Crippen molar-refractivity contribution in [2.45, 2.75) is 38.4 Å². The Balaban J connectivity index is 1.93. The van der Waals surface area contributed by atoms with E-state index in [1.807, 2.05) is 0 Å². The van der Waals surface area contributed by atoms with Crippen LogP contribution in [0.15, 0.2) is 24.3 Å². The van der Waals surface area contributed by atoms with Crippen LogP contribution in [-0.4, -0.2) is 43.5 Å². The summed E-state index contributed by atoms with van der Waals surface area (Å²) < 4.78 is 63.8. The minimum atomic E-state index is -4.50. The van der Waals surface area contributed by atoms with E-state index in [0.29, 0.717) is 32.4 Å². The Morgan fingerprint density at radius 3 is 2.54 bits per heavy atom. The first-order valence-electron chi connectivity index (χ1n) is 8.86. The molecule has 0 saturated carbocycles. The summed E-state index contributed by atoms with van der Waals surface area (Å²) in [5, 5.41) is 2.85. The van der Waals surface area contributed by atoms with Gasteiger partial charge >= 0.3 is 6.18 Å². The second-order valence-corrected chi connectivity index (χ2v) is 9.06. The lowest BCUT2D eigenvalue weighted by Crippen LogP contribution is -2.46. The van der Waals surface area contributed by atoms with Gasteiger partial charge in [-0.1, -0.05) is 18.5 Å². The molecule has 1 aromatic rings. The first-order chi connectivity index (χ1) is 13.0. The topological polar surface area (TPSA) is 66.5 Å². The highest BCUT2D eigenvalue weighted by Crippen LogP contribution is 2.32. The van der Waals surface area contributed by atoms with Gasteiger partial charge < -0.3 is 5.32 Å². The summed E-state index contributed by atoms with van der Waals surface area (Å²) in [6.07, 6.45) is -0.640. The van der Waals surface area contributed by atoms with E-state index in [2.05, 4.69) is 5.32 Å². The number of benzene rings is 1. The third-order valence-electron chi connectivity index (χ3n) is 4.39. The molecule has 156 valence electrons. The fraction of sp³-hybridized carbons (Fsp3) is 0.500. The summed E-state index contributed by atoms with van der Waals surface area (Å²) in [4.78, 5) is 12.1. The SMILES string of the molecule is CCCS(=O)(=O)N1CCC(NC(=O)C=Cc2cc(C(F)(F)F)ccc2Cl)CC1. The van der Waals surface area contributed by atoms with Crippen LogP contribution in [0.5, 0.6) is 0 Å². The Bertz CT molecular complexity index is 833. The molecule has 28 heavy (non-hydrogen) atoms. The van der Waals surface area contributed by atoms with Crippen molar-refractivity contribution in [1.29, 1.82) is 0 Å². The minimum Gasteiger partial charge on any atom is -0.350 e. The molecule has 10 heteroatoms. The van der Waals surface area contributed by atoms with E-state index in [0.717, 1.165) is 24.3 Å². The minimum absolute atomic E-state index is 0.0899. The average molecular weight is 439 g/mol. The number of halogens is 4. The van der Waals surface area contributed by atoms with Crippen molar-refractivity contribution < 1.29 is 26.4 Å². The van der Waals surface area contributed by atoms with Gasteiger partial charge in [0.05, 0.1) is 11.3 Å². The van der Waals surface area contributed by atoms with Crippen LogP contribution in [0.3, 0.4) is 0 Å². The summed E-state index contributed by atoms with van der Waals surface area (Å²) in [5.74, 6) is -0.367. The average Bonchev–Trinajstić information content (AvgIpc) is 2.60. The number of piperidine rings is 1. The van der Waals surface area contributed by atoms with Crippen molar-refractivity contribution in [1.82, 2.24) is 9.62 Å². The molecule has 1 aliphatic rings. The molecule has 0 atom stereocenters. The summed E-state index contributed by atoms with van der Waals surface area (Å²) in [6.45, 7) is 2.46. The van der Waals surface area contributed by atoms with Crippen LogP contribution in [0.2, 0.25) is 5.02 Å². The Kier molecular flexibility index (Phi) is 7.52. The number of nitrogens with zero attached hydrogens (tertiary/aromatic N) is 1. The van der Waals surface area contributed by atoms with Gasteiger partial charge in [-0.15, -0.1) is 0 Å². The molecule has 0 spiro atoms. The molecule has 5 nitrogen and oxygen atoms in total. The predicted octanol–water partition coefficient (Wildman–Crippen LogP) is 3.69. The monoisotopic (exact) mass is 438 g/mol. The van der Waals surface area contributed by atoms with Crippen LogP contribution in [0, 0.1) is 0 Å². The fourth-order valence-electron chi connectivity index (χ4n) is 2.93. The maximum absolute atomic E-state index is 12.8. The maximum Gasteiger partial charge on any atom is 0.416 e. The van der Waals surface area contributed by atoms with Crippen LogP contribution in [0.25, 0.3) is 6.08 Å². The van der Waals surface area contributed by atoms with Gasteiger partial charge in [-0.3, -0.25) is 4.79 Å². The molecule has 0 aromatic heterocycles. The molecule has 1 aromatic carbocycles. The van der Waals surface area contributed by atoms with Gasteiger partial charge in [-0.2, -0.15) is 13.2 Å². The number of sulfonamides is 1. The molecule has 2 rings (SSSR count). The van der Waals surface area contributed by atoms with Crippen LogP contribution >= 0.6 is 11.6 Å². The molecular formula is C18H22ClF3N2O3S. The largest absolute Gasteiger partial charge is 0.416 e. The van der Waals surface area contributed by atoms with Gasteiger partial charge in [0.1, 0.15) is 0 Å². The molecule has 0 bridgehead atoms. The number of alkyl halides is 3. The van der Waals surface area contributed by atoms with Gasteiger partial charge in [0.2, 0.25) is 15.9 Å². The summed E-state index contributed by atoms with van der Waals surface area (Å²) in [7, 11) is -3.25. The quantitative estimate of drug-likeness (QED) is 0.689. The smallest absolute Gasteiger partial charge is 0.350 e. The van der Waals surface area contributed by atoms with Crippen molar-refractivity contribution in [3.8, 4) is 0 Å². The van der Waals surface area contributed by atoms with Gasteiger partial charge in [0.15, 0.2) is 0 Å². The third kappa shape index (κ3) is 6.22. The molecule has 1 N–H and O–H groups in total. The highest BCUT2D eigenvalue weighted by Gasteiger charge is 2.31. The maximum atomic E-state index is 12.8. The van der Waals surface area contributed by atoms with E-state index in [1.54, 1.807) is 6.92 Å². The Hall–Kier alpha value is -1.58. The lowest BCUT2D eigenvalue weighted by atomic mass is 10.1. The fourth-order valence-corrected chi connectivity index (χ4v) is 4.65. The Morgan fingerprint density at radius 2 is 1.96 bits per heavy atom. The summed E-state index contributed by atoms with van der Waals surface area (Å²) in [6, 6.07) is 2.69. The van der Waals surface area contributed by atoms with Crippen molar-refractivity contribution in [2.24, 2.45) is 0 Å². The van der Waals surface area contributed by atoms with Crippen LogP contribution in [-0.2, 0) is 21.0 Å². The molecule has 1 fully saturated rings. The zero-order valence-corrected chi connectivity index (χ0v) is 16.9. The zero-order chi connectivity index (χ0) is 20.9. The van der Waals surface area contributed by atoms with E-state index < -0.39 is 27.7 Å². The van der Waals surface area contributed by atoms with Crippen LogP contribution < -0.4 is 5.32 Å². The van der Waals surface area contributed by atoms with Crippen LogP contribution in [0.4, 0.5) is 13.2 Å². The molecule has 1 aliphatic heterocycles. The molecule has 1 heterocycles. The predicted molar refractivity (Wildman–Crippen MR) is 102 cm³/mol. The second-order valence-electron chi connectivity index (χ2n) is 6.57. The van der Waals surface area contributed by atoms with Gasteiger partial charge in [-0.25, -0.2) is 12.7 Å². The standard InChI is InChI=1S/C18H22ClF3N2O3S/c1-2-11-28(26,27)24-9-7-15(8-10-24)23-17(25)6-3-13-12-14(18(20,21)22)4-5-16(13)19/h3-6,12,15H,2,7-11H2,1H3,(H,23,25). The molecule has 0 radical (unpaired) electrons. The molecule has 0 unspecified atom stereocenters. The van der Waals surface area contributed by atoms with Gasteiger partial charge in [0.25, 0.3) is 0 Å². The van der Waals surface area contributed by atoms with Gasteiger partial charge in [-0.05, 0) is 49.1 Å². The lowest BCUT2D eigenvalue weighted by molar-refractivity contribution is -0.137. The number of carbonyl (C=O) groups excluding carboxylic acids is 1. The highest BCUT2D eigenvalue weighted by molar-refractivity contribution is 7.89. The van der Waals surface area contributed by atoms with E-state index >= 15 is 0 Å². The summed E-state index contributed by atoms with van der Waals surface area (Å²) >= 11 is 5.89. The molecule has 1 amide bonds. The van der Waals surface area contributed by atoms with Gasteiger partial charge in [0, 0.05) is 30.2 Å². The Morgan fingerprint density at radius 1 is 1.32 bits per heavy atom. The van der Waals surface area contributed by atoms with Crippen molar-refractivity contribution in [3.05, 3.63) is 40.4 Å². The number of amides is 1. The first-order valence-corrected chi connectivity index (χ1v) is 10.8. The summed E-state index contributed by atoms with van der Waals surface area (Å²) in [5.41, 5.74) is -0.760. The van der Waals surface area contributed by atoms with E-state index in [9.17, 15) is 26.4 Å². The van der Waals surface area contributed by atoms with Crippen molar-refractivity contribution in [3.63, 3.8) is 0 Å². The number of rotatable bonds is 6. The Labute approximate surface area is 167 Å². The molecule has 1 saturated heterocycles. The van der Waals surface area contributed by atoms with Crippen molar-refractivity contribution >= 4 is 33.6 Å². The van der Waals surface area contributed by atoms with E-state index in [4.69, 9.17) is 11.6 Å². The third-order valence-corrected chi connectivity index (χ3v) is 6.81. The van der Waals surface area contributed by atoms with E-state index in [-0.39, 0.29) is 22.4 Å². The number of hydrogen-bond acceptors (Lipinski definition) is 3. The number of hydrogen-bond donors (Lipinski definition) is 1. The van der Waals surface area contributed by atoms with E-state index in [1.165, 1.54) is 10.4 Å². The second kappa shape index (κ2) is 9.28. The molecule has 0 aliphatic carbocycles. The number of carbonyl (C=O) groups is 1. The zero-order valence-electron chi connectivity index (χ0n) is 15.3. The molecular weight excluding hydrogens is 417 g/mol. The normalized spacial score (nSPS) is 17.2.